The molecule has 0 heterocycles. The first kappa shape index (κ1) is 16.3. The van der Waals surface area contributed by atoms with Gasteiger partial charge >= 0.3 is 0 Å². The van der Waals surface area contributed by atoms with E-state index >= 15 is 0 Å². The van der Waals surface area contributed by atoms with Crippen molar-refractivity contribution in [2.24, 2.45) is 0 Å². The predicted octanol–water partition coefficient (Wildman–Crippen LogP) is 5.67. The van der Waals surface area contributed by atoms with Gasteiger partial charge in [0.25, 0.3) is 0 Å². The summed E-state index contributed by atoms with van der Waals surface area (Å²) >= 11 is 5.86. The molecule has 0 amide bonds. The van der Waals surface area contributed by atoms with E-state index in [4.69, 9.17) is 16.3 Å². The Labute approximate surface area is 145 Å². The Bertz CT molecular complexity index is 787. The molecule has 0 unspecified atom stereocenters. The van der Waals surface area contributed by atoms with E-state index < -0.39 is 0 Å². The predicted molar refractivity (Wildman–Crippen MR) is 96.0 cm³/mol. The minimum Gasteiger partial charge on any atom is -0.489 e. The topological polar surface area (TPSA) is 21.3 Å². The molecule has 0 aromatic heterocycles. The highest BCUT2D eigenvalue weighted by molar-refractivity contribution is 6.30. The highest BCUT2D eigenvalue weighted by Crippen LogP contribution is 2.17. The second kappa shape index (κ2) is 7.84. The van der Waals surface area contributed by atoms with Gasteiger partial charge in [-0.15, -0.1) is 0 Å². The van der Waals surface area contributed by atoms with Crippen molar-refractivity contribution in [1.82, 2.24) is 0 Å². The van der Waals surface area contributed by atoms with Gasteiger partial charge in [0, 0.05) is 22.8 Å². The van der Waals surface area contributed by atoms with Gasteiger partial charge < -0.3 is 10.1 Å². The average molecular weight is 342 g/mol. The average Bonchev–Trinajstić information content (AvgIpc) is 2.61. The number of anilines is 1. The van der Waals surface area contributed by atoms with Gasteiger partial charge in [-0.1, -0.05) is 41.9 Å². The largest absolute Gasteiger partial charge is 0.489 e. The number of ether oxygens (including phenoxy) is 1. The first-order chi connectivity index (χ1) is 11.7. The van der Waals surface area contributed by atoms with Gasteiger partial charge in [0.15, 0.2) is 0 Å². The van der Waals surface area contributed by atoms with Gasteiger partial charge in [0.1, 0.15) is 18.2 Å². The Morgan fingerprint density at radius 2 is 1.58 bits per heavy atom. The van der Waals surface area contributed by atoms with Crippen molar-refractivity contribution in [1.29, 1.82) is 0 Å². The Morgan fingerprint density at radius 3 is 2.29 bits per heavy atom. The van der Waals surface area contributed by atoms with Gasteiger partial charge in [-0.25, -0.2) is 4.39 Å². The molecule has 0 saturated heterocycles. The molecule has 24 heavy (non-hydrogen) atoms. The lowest BCUT2D eigenvalue weighted by molar-refractivity contribution is 0.300. The summed E-state index contributed by atoms with van der Waals surface area (Å²) in [6.45, 7) is 0.921. The number of hydrogen-bond donors (Lipinski definition) is 1. The SMILES string of the molecule is Fc1ccccc1COc1ccc(CNc2ccc(Cl)cc2)cc1. The monoisotopic (exact) mass is 341 g/mol. The molecule has 0 bridgehead atoms. The summed E-state index contributed by atoms with van der Waals surface area (Å²) in [4.78, 5) is 0. The molecule has 0 saturated carbocycles. The second-order valence-electron chi connectivity index (χ2n) is 5.38. The summed E-state index contributed by atoms with van der Waals surface area (Å²) in [6.07, 6.45) is 0. The molecule has 0 atom stereocenters. The lowest BCUT2D eigenvalue weighted by Crippen LogP contribution is -2.00. The standard InChI is InChI=1S/C20H17ClFNO/c21-17-7-9-18(10-8-17)23-13-15-5-11-19(12-6-15)24-14-16-3-1-2-4-20(16)22/h1-12,23H,13-14H2. The van der Waals surface area contributed by atoms with Gasteiger partial charge in [-0.05, 0) is 48.0 Å². The lowest BCUT2D eigenvalue weighted by Gasteiger charge is -2.09. The van der Waals surface area contributed by atoms with Gasteiger partial charge in [0.2, 0.25) is 0 Å². The molecule has 3 rings (SSSR count). The van der Waals surface area contributed by atoms with Crippen molar-refractivity contribution in [2.75, 3.05) is 5.32 Å². The summed E-state index contributed by atoms with van der Waals surface area (Å²) in [5.41, 5.74) is 2.69. The van der Waals surface area contributed by atoms with Crippen molar-refractivity contribution < 1.29 is 9.13 Å². The third kappa shape index (κ3) is 4.49. The number of nitrogens with one attached hydrogen (secondary N) is 1. The molecule has 122 valence electrons. The molecule has 3 aromatic carbocycles. The fourth-order valence-electron chi connectivity index (χ4n) is 2.25. The van der Waals surface area contributed by atoms with Gasteiger partial charge in [0.05, 0.1) is 0 Å². The van der Waals surface area contributed by atoms with Gasteiger partial charge in [-0.2, -0.15) is 0 Å². The van der Waals surface area contributed by atoms with Crippen molar-refractivity contribution in [3.05, 3.63) is 94.8 Å². The van der Waals surface area contributed by atoms with E-state index in [0.29, 0.717) is 17.9 Å². The van der Waals surface area contributed by atoms with Gasteiger partial charge in [-0.3, -0.25) is 0 Å². The molecular formula is C20H17ClFNO. The Hall–Kier alpha value is -2.52. The zero-order valence-electron chi connectivity index (χ0n) is 13.0. The van der Waals surface area contributed by atoms with E-state index in [-0.39, 0.29) is 12.4 Å². The van der Waals surface area contributed by atoms with Crippen LogP contribution in [0.1, 0.15) is 11.1 Å². The second-order valence-corrected chi connectivity index (χ2v) is 5.82. The van der Waals surface area contributed by atoms with Crippen molar-refractivity contribution in [2.45, 2.75) is 13.2 Å². The highest BCUT2D eigenvalue weighted by atomic mass is 35.5. The van der Waals surface area contributed by atoms with Crippen LogP contribution in [0.15, 0.2) is 72.8 Å². The van der Waals surface area contributed by atoms with E-state index in [1.54, 1.807) is 18.2 Å². The van der Waals surface area contributed by atoms with E-state index in [9.17, 15) is 4.39 Å². The van der Waals surface area contributed by atoms with Crippen LogP contribution >= 0.6 is 11.6 Å². The van der Waals surface area contributed by atoms with E-state index in [1.165, 1.54) is 6.07 Å². The Kier molecular flexibility index (Phi) is 5.34. The number of rotatable bonds is 6. The number of halogens is 2. The quantitative estimate of drug-likeness (QED) is 0.623. The molecule has 0 spiro atoms. The van der Waals surface area contributed by atoms with Crippen LogP contribution in [0.25, 0.3) is 0 Å². The fourth-order valence-corrected chi connectivity index (χ4v) is 2.38. The molecule has 3 aromatic rings. The van der Waals surface area contributed by atoms with Crippen LogP contribution in [0.4, 0.5) is 10.1 Å². The van der Waals surface area contributed by atoms with Crippen LogP contribution in [-0.2, 0) is 13.2 Å². The minimum atomic E-state index is -0.249. The molecule has 2 nitrogen and oxygen atoms in total. The zero-order chi connectivity index (χ0) is 16.8. The maximum absolute atomic E-state index is 13.5. The third-order valence-corrected chi connectivity index (χ3v) is 3.87. The van der Waals surface area contributed by atoms with Crippen LogP contribution in [0.2, 0.25) is 5.02 Å². The third-order valence-electron chi connectivity index (χ3n) is 3.62. The lowest BCUT2D eigenvalue weighted by atomic mass is 10.2. The summed E-state index contributed by atoms with van der Waals surface area (Å²) < 4.78 is 19.2. The molecule has 0 aliphatic rings. The van der Waals surface area contributed by atoms with Crippen LogP contribution in [0.3, 0.4) is 0 Å². The normalized spacial score (nSPS) is 10.4. The molecule has 0 aliphatic heterocycles. The molecule has 0 aliphatic carbocycles. The minimum absolute atomic E-state index is 0.217. The Balaban J connectivity index is 1.53. The first-order valence-corrected chi connectivity index (χ1v) is 8.03. The summed E-state index contributed by atoms with van der Waals surface area (Å²) in [5, 5.41) is 4.04. The van der Waals surface area contributed by atoms with Crippen molar-refractivity contribution in [3.8, 4) is 5.75 Å². The summed E-state index contributed by atoms with van der Waals surface area (Å²) in [5.74, 6) is 0.467. The maximum Gasteiger partial charge on any atom is 0.129 e. The first-order valence-electron chi connectivity index (χ1n) is 7.65. The summed E-state index contributed by atoms with van der Waals surface area (Å²) in [7, 11) is 0. The van der Waals surface area contributed by atoms with Crippen LogP contribution in [-0.4, -0.2) is 0 Å². The molecule has 1 N–H and O–H groups in total. The molecule has 0 radical (unpaired) electrons. The van der Waals surface area contributed by atoms with Crippen LogP contribution < -0.4 is 10.1 Å². The fraction of sp³-hybridized carbons (Fsp3) is 0.100. The molecule has 0 fully saturated rings. The Morgan fingerprint density at radius 1 is 0.875 bits per heavy atom. The molecular weight excluding hydrogens is 325 g/mol. The van der Waals surface area contributed by atoms with E-state index in [1.807, 2.05) is 48.5 Å². The summed E-state index contributed by atoms with van der Waals surface area (Å²) in [6, 6.07) is 22.0. The van der Waals surface area contributed by atoms with E-state index in [0.717, 1.165) is 16.3 Å². The van der Waals surface area contributed by atoms with Crippen molar-refractivity contribution in [3.63, 3.8) is 0 Å². The van der Waals surface area contributed by atoms with E-state index in [2.05, 4.69) is 5.32 Å². The number of benzene rings is 3. The highest BCUT2D eigenvalue weighted by Gasteiger charge is 2.02. The molecule has 4 heteroatoms. The zero-order valence-corrected chi connectivity index (χ0v) is 13.8. The van der Waals surface area contributed by atoms with Crippen molar-refractivity contribution >= 4 is 17.3 Å². The smallest absolute Gasteiger partial charge is 0.129 e. The van der Waals surface area contributed by atoms with Crippen LogP contribution in [0, 0.1) is 5.82 Å². The number of hydrogen-bond acceptors (Lipinski definition) is 2. The van der Waals surface area contributed by atoms with Crippen LogP contribution in [0.5, 0.6) is 5.75 Å². The maximum atomic E-state index is 13.5.